The summed E-state index contributed by atoms with van der Waals surface area (Å²) < 4.78 is 5.92. The molecule has 0 aliphatic carbocycles. The molecule has 0 saturated heterocycles. The predicted octanol–water partition coefficient (Wildman–Crippen LogP) is 4.11. The summed E-state index contributed by atoms with van der Waals surface area (Å²) in [5, 5.41) is 2.91. The molecule has 2 aromatic rings. The minimum Gasteiger partial charge on any atom is -0.496 e. The van der Waals surface area contributed by atoms with E-state index in [4.69, 9.17) is 4.74 Å². The second kappa shape index (κ2) is 7.52. The van der Waals surface area contributed by atoms with Gasteiger partial charge in [-0.25, -0.2) is 0 Å². The Morgan fingerprint density at radius 1 is 1.24 bits per heavy atom. The van der Waals surface area contributed by atoms with Crippen LogP contribution in [-0.2, 0) is 6.54 Å². The highest BCUT2D eigenvalue weighted by atomic mass is 79.9. The molecule has 0 atom stereocenters. The Morgan fingerprint density at radius 2 is 1.95 bits per heavy atom. The van der Waals surface area contributed by atoms with Crippen LogP contribution in [0.3, 0.4) is 0 Å². The molecule has 0 heterocycles. The van der Waals surface area contributed by atoms with Crippen molar-refractivity contribution in [3.63, 3.8) is 0 Å². The largest absolute Gasteiger partial charge is 0.496 e. The first kappa shape index (κ1) is 15.9. The van der Waals surface area contributed by atoms with E-state index in [1.165, 1.54) is 4.90 Å². The second-order valence-corrected chi connectivity index (χ2v) is 6.11. The quantitative estimate of drug-likeness (QED) is 0.810. The van der Waals surface area contributed by atoms with E-state index in [2.05, 4.69) is 33.4 Å². The van der Waals surface area contributed by atoms with Crippen molar-refractivity contribution in [1.29, 1.82) is 0 Å². The van der Waals surface area contributed by atoms with Gasteiger partial charge in [-0.1, -0.05) is 12.1 Å². The summed E-state index contributed by atoms with van der Waals surface area (Å²) in [6, 6.07) is 13.4. The van der Waals surface area contributed by atoms with Crippen molar-refractivity contribution in [2.75, 3.05) is 13.4 Å². The lowest BCUT2D eigenvalue weighted by Gasteiger charge is -2.08. The van der Waals surface area contributed by atoms with E-state index in [1.54, 1.807) is 37.1 Å². The van der Waals surface area contributed by atoms with E-state index in [9.17, 15) is 4.79 Å². The van der Waals surface area contributed by atoms with Crippen LogP contribution in [0.15, 0.2) is 51.8 Å². The summed E-state index contributed by atoms with van der Waals surface area (Å²) in [5.74, 6) is 0.603. The number of ether oxygens (including phenoxy) is 1. The van der Waals surface area contributed by atoms with E-state index in [-0.39, 0.29) is 5.91 Å². The number of rotatable bonds is 5. The third-order valence-electron chi connectivity index (χ3n) is 3.03. The smallest absolute Gasteiger partial charge is 0.251 e. The van der Waals surface area contributed by atoms with Gasteiger partial charge in [-0.2, -0.15) is 0 Å². The number of hydrogen-bond acceptors (Lipinski definition) is 3. The minimum absolute atomic E-state index is 0.104. The van der Waals surface area contributed by atoms with E-state index in [0.29, 0.717) is 17.9 Å². The monoisotopic (exact) mass is 365 g/mol. The van der Waals surface area contributed by atoms with Gasteiger partial charge in [0.25, 0.3) is 5.91 Å². The minimum atomic E-state index is -0.104. The normalized spacial score (nSPS) is 10.2. The van der Waals surface area contributed by atoms with Crippen LogP contribution in [-0.4, -0.2) is 19.3 Å². The van der Waals surface area contributed by atoms with Crippen molar-refractivity contribution in [1.82, 2.24) is 5.32 Å². The fraction of sp³-hybridized carbons (Fsp3) is 0.188. The number of methoxy groups -OCH3 is 1. The van der Waals surface area contributed by atoms with Crippen molar-refractivity contribution in [3.05, 3.63) is 58.1 Å². The Kier molecular flexibility index (Phi) is 5.70. The lowest BCUT2D eigenvalue weighted by Crippen LogP contribution is -2.22. The molecule has 0 aliphatic rings. The number of thioether (sulfide) groups is 1. The molecular weight excluding hydrogens is 350 g/mol. The van der Waals surface area contributed by atoms with Crippen LogP contribution in [0.5, 0.6) is 5.75 Å². The molecule has 0 unspecified atom stereocenters. The molecule has 110 valence electrons. The van der Waals surface area contributed by atoms with Gasteiger partial charge in [-0.05, 0) is 58.1 Å². The molecule has 2 rings (SSSR count). The number of amides is 1. The standard InChI is InChI=1S/C16H16BrNO2S/c1-20-15-8-5-12(9-14(15)17)16(19)18-10-11-3-6-13(21-2)7-4-11/h3-9H,10H2,1-2H3,(H,18,19). The van der Waals surface area contributed by atoms with Gasteiger partial charge >= 0.3 is 0 Å². The zero-order valence-corrected chi connectivity index (χ0v) is 14.3. The molecule has 0 saturated carbocycles. The van der Waals surface area contributed by atoms with Crippen LogP contribution in [0.4, 0.5) is 0 Å². The fourth-order valence-electron chi connectivity index (χ4n) is 1.84. The van der Waals surface area contributed by atoms with Crippen molar-refractivity contribution in [2.24, 2.45) is 0 Å². The third-order valence-corrected chi connectivity index (χ3v) is 4.39. The number of benzene rings is 2. The van der Waals surface area contributed by atoms with Gasteiger partial charge < -0.3 is 10.1 Å². The first-order valence-electron chi connectivity index (χ1n) is 6.38. The number of halogens is 1. The van der Waals surface area contributed by atoms with Gasteiger partial charge in [0.15, 0.2) is 0 Å². The topological polar surface area (TPSA) is 38.3 Å². The maximum Gasteiger partial charge on any atom is 0.251 e. The molecule has 0 fully saturated rings. The highest BCUT2D eigenvalue weighted by Gasteiger charge is 2.08. The maximum absolute atomic E-state index is 12.1. The van der Waals surface area contributed by atoms with Crippen LogP contribution in [0.2, 0.25) is 0 Å². The van der Waals surface area contributed by atoms with E-state index < -0.39 is 0 Å². The number of carbonyl (C=O) groups is 1. The van der Waals surface area contributed by atoms with Gasteiger partial charge in [0.1, 0.15) is 5.75 Å². The third kappa shape index (κ3) is 4.25. The zero-order valence-electron chi connectivity index (χ0n) is 11.9. The summed E-state index contributed by atoms with van der Waals surface area (Å²) >= 11 is 5.08. The van der Waals surface area contributed by atoms with Crippen molar-refractivity contribution >= 4 is 33.6 Å². The SMILES string of the molecule is COc1ccc(C(=O)NCc2ccc(SC)cc2)cc1Br. The molecule has 0 aliphatic heterocycles. The predicted molar refractivity (Wildman–Crippen MR) is 90.1 cm³/mol. The maximum atomic E-state index is 12.1. The average Bonchev–Trinajstić information content (AvgIpc) is 2.53. The van der Waals surface area contributed by atoms with Crippen LogP contribution >= 0.6 is 27.7 Å². The molecule has 1 amide bonds. The summed E-state index contributed by atoms with van der Waals surface area (Å²) in [5.41, 5.74) is 1.68. The number of nitrogens with one attached hydrogen (secondary N) is 1. The van der Waals surface area contributed by atoms with E-state index in [0.717, 1.165) is 10.0 Å². The molecule has 5 heteroatoms. The lowest BCUT2D eigenvalue weighted by molar-refractivity contribution is 0.0951. The van der Waals surface area contributed by atoms with Gasteiger partial charge in [0.2, 0.25) is 0 Å². The molecule has 0 spiro atoms. The van der Waals surface area contributed by atoms with E-state index in [1.807, 2.05) is 18.4 Å². The van der Waals surface area contributed by atoms with Crippen molar-refractivity contribution in [2.45, 2.75) is 11.4 Å². The molecule has 21 heavy (non-hydrogen) atoms. The van der Waals surface area contributed by atoms with Gasteiger partial charge in [-0.3, -0.25) is 4.79 Å². The summed E-state index contributed by atoms with van der Waals surface area (Å²) in [6.07, 6.45) is 2.04. The van der Waals surface area contributed by atoms with Gasteiger partial charge in [-0.15, -0.1) is 11.8 Å². The summed E-state index contributed by atoms with van der Waals surface area (Å²) in [6.45, 7) is 0.511. The number of carbonyl (C=O) groups excluding carboxylic acids is 1. The summed E-state index contributed by atoms with van der Waals surface area (Å²) in [7, 11) is 1.60. The second-order valence-electron chi connectivity index (χ2n) is 4.38. The van der Waals surface area contributed by atoms with Gasteiger partial charge in [0, 0.05) is 17.0 Å². The molecule has 0 radical (unpaired) electrons. The Bertz CT molecular complexity index is 629. The van der Waals surface area contributed by atoms with Crippen LogP contribution in [0.1, 0.15) is 15.9 Å². The highest BCUT2D eigenvalue weighted by Crippen LogP contribution is 2.25. The Hall–Kier alpha value is -1.46. The van der Waals surface area contributed by atoms with Gasteiger partial charge in [0.05, 0.1) is 11.6 Å². The molecule has 0 bridgehead atoms. The first-order valence-corrected chi connectivity index (χ1v) is 8.40. The molecule has 0 aromatic heterocycles. The average molecular weight is 366 g/mol. The zero-order chi connectivity index (χ0) is 15.2. The Morgan fingerprint density at radius 3 is 2.52 bits per heavy atom. The van der Waals surface area contributed by atoms with Crippen LogP contribution < -0.4 is 10.1 Å². The fourth-order valence-corrected chi connectivity index (χ4v) is 2.78. The molecular formula is C16H16BrNO2S. The summed E-state index contributed by atoms with van der Waals surface area (Å²) in [4.78, 5) is 13.3. The highest BCUT2D eigenvalue weighted by molar-refractivity contribution is 9.10. The Balaban J connectivity index is 1.99. The first-order chi connectivity index (χ1) is 10.1. The lowest BCUT2D eigenvalue weighted by atomic mass is 10.2. The Labute approximate surface area is 137 Å². The van der Waals surface area contributed by atoms with Crippen molar-refractivity contribution < 1.29 is 9.53 Å². The molecule has 2 aromatic carbocycles. The van der Waals surface area contributed by atoms with Crippen LogP contribution in [0, 0.1) is 0 Å². The van der Waals surface area contributed by atoms with E-state index >= 15 is 0 Å². The molecule has 3 nitrogen and oxygen atoms in total. The van der Waals surface area contributed by atoms with Crippen LogP contribution in [0.25, 0.3) is 0 Å². The number of hydrogen-bond donors (Lipinski definition) is 1. The molecule has 1 N–H and O–H groups in total. The van der Waals surface area contributed by atoms with Crippen molar-refractivity contribution in [3.8, 4) is 5.75 Å².